The highest BCUT2D eigenvalue weighted by Crippen LogP contribution is 2.28. The van der Waals surface area contributed by atoms with E-state index in [0.29, 0.717) is 11.2 Å². The Balaban J connectivity index is 1.85. The molecular weight excluding hydrogens is 300 g/mol. The van der Waals surface area contributed by atoms with Crippen LogP contribution in [0.15, 0.2) is 24.8 Å². The Morgan fingerprint density at radius 3 is 2.95 bits per heavy atom. The molecule has 1 aliphatic heterocycles. The van der Waals surface area contributed by atoms with Crippen molar-refractivity contribution in [3.05, 3.63) is 35.4 Å². The van der Waals surface area contributed by atoms with Crippen LogP contribution in [-0.4, -0.2) is 39.5 Å². The number of carboxylic acids is 1. The van der Waals surface area contributed by atoms with Crippen molar-refractivity contribution >= 4 is 33.4 Å². The van der Waals surface area contributed by atoms with Crippen molar-refractivity contribution < 1.29 is 14.7 Å². The third-order valence-corrected chi connectivity index (χ3v) is 5.14. The number of aromatic amines is 1. The van der Waals surface area contributed by atoms with E-state index in [-0.39, 0.29) is 16.8 Å². The molecule has 116 valence electrons. The quantitative estimate of drug-likeness (QED) is 0.847. The molecule has 0 aliphatic carbocycles. The molecule has 0 radical (unpaired) electrons. The highest BCUT2D eigenvalue weighted by atomic mass is 32.1. The van der Waals surface area contributed by atoms with E-state index in [1.165, 1.54) is 11.3 Å². The number of carboxylic acid groups (broad SMARTS) is 1. The molecule has 1 fully saturated rings. The Morgan fingerprint density at radius 2 is 2.27 bits per heavy atom. The molecule has 0 aromatic carbocycles. The van der Waals surface area contributed by atoms with E-state index in [0.717, 1.165) is 36.9 Å². The third kappa shape index (κ3) is 2.66. The van der Waals surface area contributed by atoms with Gasteiger partial charge in [0, 0.05) is 12.6 Å². The second kappa shape index (κ2) is 5.96. The van der Waals surface area contributed by atoms with Gasteiger partial charge in [0.1, 0.15) is 10.6 Å². The number of nitrogens with one attached hydrogen (secondary N) is 1. The van der Waals surface area contributed by atoms with Crippen molar-refractivity contribution in [1.29, 1.82) is 0 Å². The van der Waals surface area contributed by atoms with Crippen molar-refractivity contribution in [2.24, 2.45) is 0 Å². The predicted molar refractivity (Wildman–Crippen MR) is 86.6 cm³/mol. The number of fused-ring (bicyclic) bond motifs is 1. The van der Waals surface area contributed by atoms with Gasteiger partial charge < -0.3 is 15.0 Å². The number of carbonyl (C=O) groups is 2. The number of hydrogen-bond donors (Lipinski definition) is 2. The Bertz CT molecular complexity index is 699. The normalized spacial score (nSPS) is 18.5. The number of nitrogens with zero attached hydrogens (tertiary/aromatic N) is 1. The summed E-state index contributed by atoms with van der Waals surface area (Å²) in [6.07, 6.45) is 5.85. The van der Waals surface area contributed by atoms with E-state index in [1.807, 2.05) is 11.0 Å². The summed E-state index contributed by atoms with van der Waals surface area (Å²) < 4.78 is 0.804. The van der Waals surface area contributed by atoms with E-state index in [1.54, 1.807) is 12.1 Å². The summed E-state index contributed by atoms with van der Waals surface area (Å²) in [5.41, 5.74) is 1.25. The van der Waals surface area contributed by atoms with Crippen LogP contribution in [0.2, 0.25) is 0 Å². The van der Waals surface area contributed by atoms with Crippen molar-refractivity contribution in [2.75, 3.05) is 6.54 Å². The van der Waals surface area contributed by atoms with Crippen molar-refractivity contribution in [1.82, 2.24) is 9.88 Å². The third-order valence-electron chi connectivity index (χ3n) is 4.07. The average molecular weight is 318 g/mol. The molecule has 1 amide bonds. The number of thiophene rings is 1. The molecule has 2 N–H and O–H groups in total. The molecule has 1 saturated heterocycles. The SMILES string of the molecule is C=CCC1CCCCN1C(=O)c1cc2sc(C(=O)O)cc2[nH]1. The van der Waals surface area contributed by atoms with E-state index < -0.39 is 5.97 Å². The minimum absolute atomic E-state index is 0.00757. The molecule has 5 nitrogen and oxygen atoms in total. The topological polar surface area (TPSA) is 73.4 Å². The molecule has 2 aromatic heterocycles. The first-order chi connectivity index (χ1) is 10.6. The van der Waals surface area contributed by atoms with Crippen LogP contribution in [0, 0.1) is 0 Å². The van der Waals surface area contributed by atoms with Crippen LogP contribution in [0.4, 0.5) is 0 Å². The van der Waals surface area contributed by atoms with E-state index >= 15 is 0 Å². The molecule has 6 heteroatoms. The lowest BCUT2D eigenvalue weighted by molar-refractivity contribution is 0.0611. The van der Waals surface area contributed by atoms with Crippen LogP contribution >= 0.6 is 11.3 Å². The molecule has 3 heterocycles. The molecular formula is C16H18N2O3S. The first kappa shape index (κ1) is 14.8. The summed E-state index contributed by atoms with van der Waals surface area (Å²) in [5.74, 6) is -0.948. The van der Waals surface area contributed by atoms with Crippen LogP contribution < -0.4 is 0 Å². The maximum absolute atomic E-state index is 12.7. The minimum atomic E-state index is -0.940. The Hall–Kier alpha value is -2.08. The number of aromatic nitrogens is 1. The summed E-state index contributed by atoms with van der Waals surface area (Å²) >= 11 is 1.18. The standard InChI is InChI=1S/C16H18N2O3S/c1-2-5-10-6-3-4-7-18(10)15(19)12-9-13-11(17-12)8-14(22-13)16(20)21/h2,8-10,17H,1,3-7H2,(H,20,21). The van der Waals surface area contributed by atoms with Gasteiger partial charge in [0.05, 0.1) is 10.2 Å². The maximum Gasteiger partial charge on any atom is 0.345 e. The monoisotopic (exact) mass is 318 g/mol. The molecule has 2 aromatic rings. The smallest absolute Gasteiger partial charge is 0.345 e. The Labute approximate surface area is 132 Å². The first-order valence-electron chi connectivity index (χ1n) is 7.38. The summed E-state index contributed by atoms with van der Waals surface area (Å²) in [5, 5.41) is 8.99. The fourth-order valence-electron chi connectivity index (χ4n) is 3.00. The van der Waals surface area contributed by atoms with Crippen LogP contribution in [-0.2, 0) is 0 Å². The second-order valence-electron chi connectivity index (χ2n) is 5.55. The second-order valence-corrected chi connectivity index (χ2v) is 6.63. The molecule has 0 bridgehead atoms. The van der Waals surface area contributed by atoms with E-state index in [4.69, 9.17) is 5.11 Å². The predicted octanol–water partition coefficient (Wildman–Crippen LogP) is 3.50. The van der Waals surface area contributed by atoms with Gasteiger partial charge in [-0.1, -0.05) is 6.08 Å². The lowest BCUT2D eigenvalue weighted by Gasteiger charge is -2.35. The van der Waals surface area contributed by atoms with Gasteiger partial charge in [-0.05, 0) is 37.8 Å². The molecule has 0 spiro atoms. The first-order valence-corrected chi connectivity index (χ1v) is 8.19. The molecule has 1 unspecified atom stereocenters. The summed E-state index contributed by atoms with van der Waals surface area (Å²) in [4.78, 5) is 28.9. The highest BCUT2D eigenvalue weighted by molar-refractivity contribution is 7.20. The van der Waals surface area contributed by atoms with Crippen LogP contribution in [0.5, 0.6) is 0 Å². The van der Waals surface area contributed by atoms with Gasteiger partial charge >= 0.3 is 5.97 Å². The summed E-state index contributed by atoms with van der Waals surface area (Å²) in [6, 6.07) is 3.56. The van der Waals surface area contributed by atoms with Crippen molar-refractivity contribution in [2.45, 2.75) is 31.7 Å². The fraction of sp³-hybridized carbons (Fsp3) is 0.375. The summed E-state index contributed by atoms with van der Waals surface area (Å²) in [6.45, 7) is 4.54. The highest BCUT2D eigenvalue weighted by Gasteiger charge is 2.27. The zero-order valence-corrected chi connectivity index (χ0v) is 13.0. The van der Waals surface area contributed by atoms with Crippen LogP contribution in [0.25, 0.3) is 10.2 Å². The Kier molecular flexibility index (Phi) is 4.02. The number of amides is 1. The molecule has 3 rings (SSSR count). The minimum Gasteiger partial charge on any atom is -0.477 e. The number of piperidine rings is 1. The van der Waals surface area contributed by atoms with Gasteiger partial charge in [0.25, 0.3) is 5.91 Å². The molecule has 1 atom stereocenters. The summed E-state index contributed by atoms with van der Waals surface area (Å²) in [7, 11) is 0. The zero-order valence-electron chi connectivity index (χ0n) is 12.2. The van der Waals surface area contributed by atoms with Crippen LogP contribution in [0.1, 0.15) is 45.8 Å². The van der Waals surface area contributed by atoms with Gasteiger partial charge in [-0.2, -0.15) is 0 Å². The van der Waals surface area contributed by atoms with Crippen LogP contribution in [0.3, 0.4) is 0 Å². The number of H-pyrrole nitrogens is 1. The molecule has 22 heavy (non-hydrogen) atoms. The lowest BCUT2D eigenvalue weighted by Crippen LogP contribution is -2.43. The van der Waals surface area contributed by atoms with Gasteiger partial charge in [0.15, 0.2) is 0 Å². The molecule has 1 aliphatic rings. The van der Waals surface area contributed by atoms with Gasteiger partial charge in [-0.15, -0.1) is 17.9 Å². The van der Waals surface area contributed by atoms with E-state index in [9.17, 15) is 9.59 Å². The number of rotatable bonds is 4. The van der Waals surface area contributed by atoms with Gasteiger partial charge in [-0.25, -0.2) is 4.79 Å². The fourth-order valence-corrected chi connectivity index (χ4v) is 3.90. The van der Waals surface area contributed by atoms with E-state index in [2.05, 4.69) is 11.6 Å². The molecule has 0 saturated carbocycles. The number of aromatic carboxylic acids is 1. The lowest BCUT2D eigenvalue weighted by atomic mass is 9.99. The number of likely N-dealkylation sites (tertiary alicyclic amines) is 1. The Morgan fingerprint density at radius 1 is 1.45 bits per heavy atom. The largest absolute Gasteiger partial charge is 0.477 e. The number of carbonyl (C=O) groups excluding carboxylic acids is 1. The average Bonchev–Trinajstić information content (AvgIpc) is 3.06. The van der Waals surface area contributed by atoms with Crippen molar-refractivity contribution in [3.8, 4) is 0 Å². The van der Waals surface area contributed by atoms with Gasteiger partial charge in [-0.3, -0.25) is 4.79 Å². The van der Waals surface area contributed by atoms with Crippen molar-refractivity contribution in [3.63, 3.8) is 0 Å². The zero-order chi connectivity index (χ0) is 15.7. The van der Waals surface area contributed by atoms with Gasteiger partial charge in [0.2, 0.25) is 0 Å². The number of hydrogen-bond acceptors (Lipinski definition) is 3. The maximum atomic E-state index is 12.7.